The minimum atomic E-state index is -0.452. The van der Waals surface area contributed by atoms with E-state index in [0.29, 0.717) is 19.0 Å². The molecule has 0 aliphatic carbocycles. The van der Waals surface area contributed by atoms with Gasteiger partial charge in [0.2, 0.25) is 17.5 Å². The lowest BCUT2D eigenvalue weighted by Gasteiger charge is -2.35. The van der Waals surface area contributed by atoms with Crippen molar-refractivity contribution in [2.75, 3.05) is 36.0 Å². The molecule has 1 fully saturated rings. The number of piperazine rings is 1. The second-order valence-electron chi connectivity index (χ2n) is 6.40. The second kappa shape index (κ2) is 8.01. The maximum Gasteiger partial charge on any atom is 0.236 e. The van der Waals surface area contributed by atoms with E-state index in [-0.39, 0.29) is 23.9 Å². The second-order valence-corrected chi connectivity index (χ2v) is 6.40. The van der Waals surface area contributed by atoms with E-state index >= 15 is 0 Å². The molecule has 2 heterocycles. The molecule has 7 heteroatoms. The Morgan fingerprint density at radius 3 is 2.39 bits per heavy atom. The van der Waals surface area contributed by atoms with Crippen molar-refractivity contribution in [3.05, 3.63) is 72.0 Å². The molecular weight excluding hydrogens is 359 g/mol. The quantitative estimate of drug-likeness (QED) is 0.676. The summed E-state index contributed by atoms with van der Waals surface area (Å²) in [4.78, 5) is 8.50. The van der Waals surface area contributed by atoms with E-state index < -0.39 is 5.82 Å². The Kier molecular flexibility index (Phi) is 5.11. The minimum absolute atomic E-state index is 0.0421. The summed E-state index contributed by atoms with van der Waals surface area (Å²) >= 11 is 0. The van der Waals surface area contributed by atoms with Crippen LogP contribution >= 0.6 is 0 Å². The molecule has 0 N–H and O–H groups in total. The highest BCUT2D eigenvalue weighted by atomic mass is 19.1. The predicted molar refractivity (Wildman–Crippen MR) is 103 cm³/mol. The van der Waals surface area contributed by atoms with E-state index in [1.807, 2.05) is 23.1 Å². The summed E-state index contributed by atoms with van der Waals surface area (Å²) in [6.07, 6.45) is 0. The molecular formula is C21H19FN4O2. The van der Waals surface area contributed by atoms with Crippen molar-refractivity contribution in [3.63, 3.8) is 0 Å². The summed E-state index contributed by atoms with van der Waals surface area (Å²) in [7, 11) is 0. The summed E-state index contributed by atoms with van der Waals surface area (Å²) in [5.74, 6) is 0.367. The summed E-state index contributed by atoms with van der Waals surface area (Å²) < 4.78 is 24.9. The lowest BCUT2D eigenvalue weighted by molar-refractivity contribution is 0.252. The molecule has 0 atom stereocenters. The fraction of sp³-hybridized carbons (Fsp3) is 0.238. The van der Waals surface area contributed by atoms with Gasteiger partial charge in [-0.1, -0.05) is 30.3 Å². The number of ether oxygens (including phenoxy) is 1. The number of nitrogens with zero attached hydrogens (tertiary/aromatic N) is 4. The van der Waals surface area contributed by atoms with Crippen LogP contribution in [0.3, 0.4) is 0 Å². The standard InChI is InChI=1S/C21H19FN4O2/c22-17-8-4-5-9-19(17)27-15-20-24-18(14-23)21(28-20)26-12-10-25(11-13-26)16-6-2-1-3-7-16/h1-9H,10-13,15H2. The molecule has 0 spiro atoms. The van der Waals surface area contributed by atoms with Gasteiger partial charge in [-0.05, 0) is 24.3 Å². The van der Waals surface area contributed by atoms with Gasteiger partial charge >= 0.3 is 0 Å². The van der Waals surface area contributed by atoms with Crippen LogP contribution in [0.1, 0.15) is 11.6 Å². The largest absolute Gasteiger partial charge is 0.481 e. The zero-order valence-electron chi connectivity index (χ0n) is 15.2. The average Bonchev–Trinajstić information content (AvgIpc) is 3.17. The van der Waals surface area contributed by atoms with Crippen molar-refractivity contribution in [2.45, 2.75) is 6.61 Å². The average molecular weight is 378 g/mol. The van der Waals surface area contributed by atoms with Crippen LogP contribution < -0.4 is 14.5 Å². The first-order valence-electron chi connectivity index (χ1n) is 9.06. The maximum atomic E-state index is 13.7. The molecule has 1 saturated heterocycles. The van der Waals surface area contributed by atoms with Crippen molar-refractivity contribution >= 4 is 11.6 Å². The Bertz CT molecular complexity index is 976. The smallest absolute Gasteiger partial charge is 0.236 e. The van der Waals surface area contributed by atoms with Crippen LogP contribution in [0.25, 0.3) is 0 Å². The van der Waals surface area contributed by atoms with Gasteiger partial charge < -0.3 is 19.0 Å². The lowest BCUT2D eigenvalue weighted by atomic mass is 10.2. The number of hydrogen-bond acceptors (Lipinski definition) is 6. The number of oxazole rings is 1. The summed E-state index contributed by atoms with van der Waals surface area (Å²) in [6, 6.07) is 18.4. The molecule has 3 aromatic rings. The first-order chi connectivity index (χ1) is 13.7. The molecule has 0 saturated carbocycles. The van der Waals surface area contributed by atoms with Gasteiger partial charge in [-0.25, -0.2) is 4.39 Å². The summed E-state index contributed by atoms with van der Waals surface area (Å²) in [6.45, 7) is 3.02. The van der Waals surface area contributed by atoms with Gasteiger partial charge in [0.15, 0.2) is 18.2 Å². The van der Waals surface area contributed by atoms with Crippen LogP contribution in [0.15, 0.2) is 59.0 Å². The fourth-order valence-electron chi connectivity index (χ4n) is 3.21. The number of rotatable bonds is 5. The normalized spacial score (nSPS) is 14.0. The topological polar surface area (TPSA) is 65.5 Å². The Morgan fingerprint density at radius 1 is 1.00 bits per heavy atom. The highest BCUT2D eigenvalue weighted by Gasteiger charge is 2.24. The van der Waals surface area contributed by atoms with Crippen LogP contribution in [-0.2, 0) is 6.61 Å². The molecule has 0 bridgehead atoms. The van der Waals surface area contributed by atoms with Gasteiger partial charge in [-0.15, -0.1) is 0 Å². The van der Waals surface area contributed by atoms with Crippen molar-refractivity contribution in [2.24, 2.45) is 0 Å². The van der Waals surface area contributed by atoms with Crippen LogP contribution in [0.5, 0.6) is 5.75 Å². The zero-order valence-corrected chi connectivity index (χ0v) is 15.2. The van der Waals surface area contributed by atoms with E-state index in [1.54, 1.807) is 12.1 Å². The van der Waals surface area contributed by atoms with E-state index in [2.05, 4.69) is 28.1 Å². The molecule has 2 aromatic carbocycles. The van der Waals surface area contributed by atoms with Gasteiger partial charge in [-0.2, -0.15) is 10.2 Å². The van der Waals surface area contributed by atoms with E-state index in [9.17, 15) is 9.65 Å². The number of para-hydroxylation sites is 2. The van der Waals surface area contributed by atoms with E-state index in [4.69, 9.17) is 9.15 Å². The molecule has 0 unspecified atom stereocenters. The Hall–Kier alpha value is -3.53. The molecule has 1 aromatic heterocycles. The van der Waals surface area contributed by atoms with Crippen molar-refractivity contribution in [1.29, 1.82) is 5.26 Å². The minimum Gasteiger partial charge on any atom is -0.481 e. The SMILES string of the molecule is N#Cc1nc(COc2ccccc2F)oc1N1CCN(c2ccccc2)CC1. The third kappa shape index (κ3) is 3.76. The monoisotopic (exact) mass is 378 g/mol. The Balaban J connectivity index is 1.42. The van der Waals surface area contributed by atoms with E-state index in [1.165, 1.54) is 17.8 Å². The van der Waals surface area contributed by atoms with Crippen LogP contribution in [0, 0.1) is 17.1 Å². The van der Waals surface area contributed by atoms with E-state index in [0.717, 1.165) is 13.1 Å². The molecule has 1 aliphatic rings. The zero-order chi connectivity index (χ0) is 19.3. The number of halogens is 1. The molecule has 142 valence electrons. The van der Waals surface area contributed by atoms with Crippen LogP contribution in [0.2, 0.25) is 0 Å². The number of benzene rings is 2. The number of nitriles is 1. The first-order valence-corrected chi connectivity index (χ1v) is 9.06. The molecule has 6 nitrogen and oxygen atoms in total. The molecule has 28 heavy (non-hydrogen) atoms. The van der Waals surface area contributed by atoms with Crippen LogP contribution in [0.4, 0.5) is 16.0 Å². The fourth-order valence-corrected chi connectivity index (χ4v) is 3.21. The van der Waals surface area contributed by atoms with Gasteiger partial charge in [-0.3, -0.25) is 0 Å². The summed E-state index contributed by atoms with van der Waals surface area (Å²) in [5, 5.41) is 9.41. The van der Waals surface area contributed by atoms with Gasteiger partial charge in [0.1, 0.15) is 6.07 Å². The number of aromatic nitrogens is 1. The van der Waals surface area contributed by atoms with Gasteiger partial charge in [0.05, 0.1) is 0 Å². The van der Waals surface area contributed by atoms with Gasteiger partial charge in [0.25, 0.3) is 0 Å². The van der Waals surface area contributed by atoms with Crippen molar-refractivity contribution in [1.82, 2.24) is 4.98 Å². The van der Waals surface area contributed by atoms with Crippen LogP contribution in [-0.4, -0.2) is 31.2 Å². The van der Waals surface area contributed by atoms with Crippen molar-refractivity contribution in [3.8, 4) is 11.8 Å². The molecule has 0 radical (unpaired) electrons. The summed E-state index contributed by atoms with van der Waals surface area (Å²) in [5.41, 5.74) is 1.40. The highest BCUT2D eigenvalue weighted by Crippen LogP contribution is 2.26. The molecule has 4 rings (SSSR count). The maximum absolute atomic E-state index is 13.7. The predicted octanol–water partition coefficient (Wildman–Crippen LogP) is 3.59. The third-order valence-electron chi connectivity index (χ3n) is 4.64. The lowest BCUT2D eigenvalue weighted by Crippen LogP contribution is -2.46. The Morgan fingerprint density at radius 2 is 1.68 bits per heavy atom. The number of anilines is 2. The number of hydrogen-bond donors (Lipinski definition) is 0. The first kappa shape index (κ1) is 17.9. The van der Waals surface area contributed by atoms with Crippen molar-refractivity contribution < 1.29 is 13.5 Å². The Labute approximate surface area is 162 Å². The molecule has 0 amide bonds. The third-order valence-corrected chi connectivity index (χ3v) is 4.64. The van der Waals surface area contributed by atoms with Gasteiger partial charge in [0, 0.05) is 31.9 Å². The molecule has 1 aliphatic heterocycles. The highest BCUT2D eigenvalue weighted by molar-refractivity contribution is 5.52.